The first-order valence-electron chi connectivity index (χ1n) is 13.0. The van der Waals surface area contributed by atoms with Crippen molar-refractivity contribution in [3.63, 3.8) is 0 Å². The number of aliphatic carboxylic acids is 2. The molecule has 0 spiro atoms. The smallest absolute Gasteiger partial charge is 0.321 e. The number of likely N-dealkylation sites (N-methyl/N-ethyl adjacent to an activating group) is 2. The molecule has 0 radical (unpaired) electrons. The van der Waals surface area contributed by atoms with E-state index in [0.717, 1.165) is 28.7 Å². The van der Waals surface area contributed by atoms with E-state index in [2.05, 4.69) is 34.9 Å². The van der Waals surface area contributed by atoms with Crippen LogP contribution in [0.5, 0.6) is 0 Å². The molecule has 6 nitrogen and oxygen atoms in total. The first-order chi connectivity index (χ1) is 18.9. The summed E-state index contributed by atoms with van der Waals surface area (Å²) in [5, 5.41) is 23.8. The maximum Gasteiger partial charge on any atom is 0.321 e. The number of hydrogen-bond acceptors (Lipinski definition) is 4. The fourth-order valence-corrected chi connectivity index (χ4v) is 4.30. The number of carboxylic acids is 2. The van der Waals surface area contributed by atoms with Gasteiger partial charge in [-0.25, -0.2) is 0 Å². The number of carbonyl (C=O) groups is 2. The quantitative estimate of drug-likeness (QED) is 0.219. The van der Waals surface area contributed by atoms with E-state index in [-0.39, 0.29) is 0 Å². The summed E-state index contributed by atoms with van der Waals surface area (Å²) in [4.78, 5) is 22.1. The van der Waals surface area contributed by atoms with Gasteiger partial charge in [-0.05, 0) is 66.7 Å². The minimum Gasteiger partial charge on any atom is -0.480 e. The van der Waals surface area contributed by atoms with E-state index >= 15 is 0 Å². The molecule has 0 aliphatic carbocycles. The van der Waals surface area contributed by atoms with Crippen LogP contribution in [0.1, 0.15) is 22.3 Å². The van der Waals surface area contributed by atoms with Gasteiger partial charge in [0, 0.05) is 0 Å². The summed E-state index contributed by atoms with van der Waals surface area (Å²) in [6, 6.07) is 35.4. The summed E-state index contributed by atoms with van der Waals surface area (Å²) < 4.78 is 0. The lowest BCUT2D eigenvalue weighted by molar-refractivity contribution is -0.140. The molecule has 4 aromatic carbocycles. The number of rotatable bonds is 11. The molecule has 2 atom stereocenters. The predicted molar refractivity (Wildman–Crippen MR) is 156 cm³/mol. The summed E-state index contributed by atoms with van der Waals surface area (Å²) in [6.45, 7) is 0. The van der Waals surface area contributed by atoms with Gasteiger partial charge in [0.05, 0.1) is 0 Å². The van der Waals surface area contributed by atoms with E-state index in [0.29, 0.717) is 12.8 Å². The highest BCUT2D eigenvalue weighted by molar-refractivity contribution is 5.74. The van der Waals surface area contributed by atoms with E-state index in [1.54, 1.807) is 14.1 Å². The van der Waals surface area contributed by atoms with Crippen LogP contribution >= 0.6 is 0 Å². The lowest BCUT2D eigenvalue weighted by atomic mass is 9.99. The summed E-state index contributed by atoms with van der Waals surface area (Å²) in [7, 11) is 3.34. The van der Waals surface area contributed by atoms with Crippen LogP contribution in [0.2, 0.25) is 0 Å². The second-order valence-electron chi connectivity index (χ2n) is 9.32. The molecular weight excluding hydrogens is 488 g/mol. The van der Waals surface area contributed by atoms with Crippen LogP contribution in [0.4, 0.5) is 0 Å². The molecule has 0 aliphatic rings. The topological polar surface area (TPSA) is 98.7 Å². The van der Waals surface area contributed by atoms with Crippen molar-refractivity contribution in [1.29, 1.82) is 0 Å². The van der Waals surface area contributed by atoms with Crippen molar-refractivity contribution in [2.24, 2.45) is 0 Å². The Labute approximate surface area is 230 Å². The van der Waals surface area contributed by atoms with Gasteiger partial charge in [-0.3, -0.25) is 9.59 Å². The fourth-order valence-electron chi connectivity index (χ4n) is 4.30. The third-order valence-electron chi connectivity index (χ3n) is 6.45. The first kappa shape index (κ1) is 29.3. The summed E-state index contributed by atoms with van der Waals surface area (Å²) in [5.74, 6) is -1.64. The van der Waals surface area contributed by atoms with Gasteiger partial charge >= 0.3 is 11.9 Å². The largest absolute Gasteiger partial charge is 0.480 e. The minimum atomic E-state index is -0.826. The average Bonchev–Trinajstić information content (AvgIpc) is 2.96. The Balaban J connectivity index is 0.000000216. The molecule has 0 aliphatic heterocycles. The van der Waals surface area contributed by atoms with Gasteiger partial charge in [0.1, 0.15) is 12.1 Å². The maximum absolute atomic E-state index is 11.0. The summed E-state index contributed by atoms with van der Waals surface area (Å²) in [6.07, 6.45) is 1.84. The molecule has 39 heavy (non-hydrogen) atoms. The molecule has 4 rings (SSSR count). The van der Waals surface area contributed by atoms with Crippen molar-refractivity contribution < 1.29 is 19.8 Å². The van der Waals surface area contributed by atoms with Gasteiger partial charge in [-0.2, -0.15) is 0 Å². The standard InChI is InChI=1S/C17H19NO2.C16H17NO2/c1-18-16(17(19)20)12-15-9-5-8-14(11-15)10-13-6-3-2-4-7-13;1-17-15(16(18)19)11-12-6-5-9-14(10-12)13-7-3-2-4-8-13/h2-9,11,16,18H,10,12H2,1H3,(H,19,20);2-10,15,17H,11H2,1H3,(H,18,19). The SMILES string of the molecule is CNC(Cc1cccc(-c2ccccc2)c1)C(=O)O.CNC(Cc1cccc(Cc2ccccc2)c1)C(=O)O. The first-order valence-corrected chi connectivity index (χ1v) is 13.0. The second kappa shape index (κ2) is 15.2. The highest BCUT2D eigenvalue weighted by atomic mass is 16.4. The molecule has 0 bridgehead atoms. The molecule has 0 fully saturated rings. The number of benzene rings is 4. The van der Waals surface area contributed by atoms with E-state index in [1.165, 1.54) is 11.1 Å². The van der Waals surface area contributed by atoms with Crippen molar-refractivity contribution >= 4 is 11.9 Å². The highest BCUT2D eigenvalue weighted by Gasteiger charge is 2.16. The predicted octanol–water partition coefficient (Wildman–Crippen LogP) is 5.06. The molecule has 0 saturated heterocycles. The fraction of sp³-hybridized carbons (Fsp3) is 0.212. The summed E-state index contributed by atoms with van der Waals surface area (Å²) in [5.41, 5.74) is 6.77. The third kappa shape index (κ3) is 9.52. The van der Waals surface area contributed by atoms with Gasteiger partial charge in [-0.15, -0.1) is 0 Å². The van der Waals surface area contributed by atoms with Gasteiger partial charge in [0.25, 0.3) is 0 Å². The summed E-state index contributed by atoms with van der Waals surface area (Å²) >= 11 is 0. The zero-order valence-electron chi connectivity index (χ0n) is 22.4. The average molecular weight is 525 g/mol. The lowest BCUT2D eigenvalue weighted by Gasteiger charge is -2.12. The molecule has 0 aromatic heterocycles. The van der Waals surface area contributed by atoms with Gasteiger partial charge < -0.3 is 20.8 Å². The second-order valence-corrected chi connectivity index (χ2v) is 9.32. The highest BCUT2D eigenvalue weighted by Crippen LogP contribution is 2.20. The Morgan fingerprint density at radius 2 is 1.00 bits per heavy atom. The maximum atomic E-state index is 11.0. The van der Waals surface area contributed by atoms with Crippen LogP contribution < -0.4 is 10.6 Å². The number of nitrogens with one attached hydrogen (secondary N) is 2. The molecular formula is C33H36N2O4. The molecule has 6 heteroatoms. The van der Waals surface area contributed by atoms with Crippen LogP contribution in [-0.2, 0) is 28.9 Å². The van der Waals surface area contributed by atoms with Crippen molar-refractivity contribution in [1.82, 2.24) is 10.6 Å². The van der Waals surface area contributed by atoms with Gasteiger partial charge in [-0.1, -0.05) is 109 Å². The zero-order chi connectivity index (χ0) is 28.0. The lowest BCUT2D eigenvalue weighted by Crippen LogP contribution is -2.35. The van der Waals surface area contributed by atoms with Crippen LogP contribution in [0, 0.1) is 0 Å². The Morgan fingerprint density at radius 1 is 0.564 bits per heavy atom. The number of hydrogen-bond donors (Lipinski definition) is 4. The van der Waals surface area contributed by atoms with Crippen LogP contribution in [-0.4, -0.2) is 48.3 Å². The van der Waals surface area contributed by atoms with E-state index in [9.17, 15) is 9.59 Å². The van der Waals surface area contributed by atoms with Gasteiger partial charge in [0.2, 0.25) is 0 Å². The van der Waals surface area contributed by atoms with Crippen LogP contribution in [0.15, 0.2) is 109 Å². The van der Waals surface area contributed by atoms with Crippen LogP contribution in [0.25, 0.3) is 11.1 Å². The third-order valence-corrected chi connectivity index (χ3v) is 6.45. The van der Waals surface area contributed by atoms with Crippen LogP contribution in [0.3, 0.4) is 0 Å². The molecule has 0 amide bonds. The monoisotopic (exact) mass is 524 g/mol. The van der Waals surface area contributed by atoms with Crippen molar-refractivity contribution in [2.75, 3.05) is 14.1 Å². The number of carboxylic acid groups (broad SMARTS) is 2. The van der Waals surface area contributed by atoms with Gasteiger partial charge in [0.15, 0.2) is 0 Å². The normalized spacial score (nSPS) is 12.1. The Morgan fingerprint density at radius 3 is 1.54 bits per heavy atom. The minimum absolute atomic E-state index is 0.479. The molecule has 2 unspecified atom stereocenters. The molecule has 0 heterocycles. The van der Waals surface area contributed by atoms with E-state index in [4.69, 9.17) is 10.2 Å². The van der Waals surface area contributed by atoms with Crippen molar-refractivity contribution in [3.05, 3.63) is 131 Å². The Bertz CT molecular complexity index is 1330. The zero-order valence-corrected chi connectivity index (χ0v) is 22.4. The Hall–Kier alpha value is -4.26. The Kier molecular flexibility index (Phi) is 11.4. The molecule has 4 N–H and O–H groups in total. The molecule has 0 saturated carbocycles. The molecule has 202 valence electrons. The van der Waals surface area contributed by atoms with E-state index in [1.807, 2.05) is 84.9 Å². The van der Waals surface area contributed by atoms with Crippen molar-refractivity contribution in [2.45, 2.75) is 31.3 Å². The molecule has 4 aromatic rings. The van der Waals surface area contributed by atoms with Crippen molar-refractivity contribution in [3.8, 4) is 11.1 Å². The van der Waals surface area contributed by atoms with E-state index < -0.39 is 24.0 Å².